The van der Waals surface area contributed by atoms with Gasteiger partial charge in [0, 0.05) is 19.6 Å². The second-order valence-corrected chi connectivity index (χ2v) is 10.1. The van der Waals surface area contributed by atoms with Gasteiger partial charge in [-0.3, -0.25) is 4.90 Å². The number of piperidine rings is 1. The van der Waals surface area contributed by atoms with E-state index in [2.05, 4.69) is 41.0 Å². The van der Waals surface area contributed by atoms with Crippen molar-refractivity contribution in [3.05, 3.63) is 93.9 Å². The zero-order chi connectivity index (χ0) is 22.2. The quantitative estimate of drug-likeness (QED) is 0.433. The second kappa shape index (κ2) is 11.7. The van der Waals surface area contributed by atoms with E-state index in [0.717, 1.165) is 12.5 Å². The monoisotopic (exact) mass is 450 g/mol. The summed E-state index contributed by atoms with van der Waals surface area (Å²) >= 11 is 1.71. The zero-order valence-corrected chi connectivity index (χ0v) is 19.9. The highest BCUT2D eigenvalue weighted by atomic mass is 32.1. The highest BCUT2D eigenvalue weighted by Crippen LogP contribution is 2.29. The van der Waals surface area contributed by atoms with Crippen LogP contribution in [0.3, 0.4) is 0 Å². The molecule has 2 saturated heterocycles. The minimum atomic E-state index is -0.132. The molecule has 3 heterocycles. The van der Waals surface area contributed by atoms with Crippen LogP contribution in [0.15, 0.2) is 71.4 Å². The average molecular weight is 451 g/mol. The molecule has 3 aromatic rings. The van der Waals surface area contributed by atoms with Gasteiger partial charge in [-0.15, -0.1) is 0 Å². The van der Waals surface area contributed by atoms with E-state index in [1.165, 1.54) is 68.7 Å². The average Bonchev–Trinajstić information content (AvgIpc) is 3.52. The van der Waals surface area contributed by atoms with Crippen molar-refractivity contribution in [3.63, 3.8) is 0 Å². The van der Waals surface area contributed by atoms with Crippen LogP contribution < -0.4 is 0 Å². The number of likely N-dealkylation sites (tertiary alicyclic amines) is 2. The highest BCUT2D eigenvalue weighted by molar-refractivity contribution is 7.07. The fraction of sp³-hybridized carbons (Fsp3) is 0.429. The van der Waals surface area contributed by atoms with Gasteiger partial charge in [0.1, 0.15) is 5.82 Å². The number of hydrogen-bond acceptors (Lipinski definition) is 3. The lowest BCUT2D eigenvalue weighted by molar-refractivity contribution is 0.181. The zero-order valence-electron chi connectivity index (χ0n) is 19.1. The Hall–Kier alpha value is -2.01. The molecule has 0 aliphatic carbocycles. The molecule has 2 fully saturated rings. The number of benzene rings is 2. The van der Waals surface area contributed by atoms with Crippen LogP contribution >= 0.6 is 11.3 Å². The molecule has 2 nitrogen and oxygen atoms in total. The molecule has 0 N–H and O–H groups in total. The van der Waals surface area contributed by atoms with Crippen molar-refractivity contribution < 1.29 is 4.39 Å². The SMILES string of the molecule is Cc1ccc(CN2CC[C@H](CN3CCC(c4ccc(F)cc4)CC3)C2)cc1.c1ccsc1. The summed E-state index contributed by atoms with van der Waals surface area (Å²) < 4.78 is 13.1. The molecule has 0 bridgehead atoms. The molecule has 0 amide bonds. The van der Waals surface area contributed by atoms with Crippen LogP contribution in [0, 0.1) is 18.7 Å². The molecule has 2 aromatic carbocycles. The first-order chi connectivity index (χ1) is 15.7. The van der Waals surface area contributed by atoms with Crippen LogP contribution in [-0.4, -0.2) is 42.5 Å². The summed E-state index contributed by atoms with van der Waals surface area (Å²) in [6.45, 7) is 9.28. The van der Waals surface area contributed by atoms with E-state index in [1.54, 1.807) is 23.5 Å². The van der Waals surface area contributed by atoms with E-state index in [1.807, 2.05) is 35.0 Å². The summed E-state index contributed by atoms with van der Waals surface area (Å²) in [6.07, 6.45) is 3.72. The van der Waals surface area contributed by atoms with E-state index in [0.29, 0.717) is 5.92 Å². The molecular weight excluding hydrogens is 415 g/mol. The van der Waals surface area contributed by atoms with Gasteiger partial charge in [-0.1, -0.05) is 54.1 Å². The van der Waals surface area contributed by atoms with Crippen LogP contribution in [0.4, 0.5) is 4.39 Å². The lowest BCUT2D eigenvalue weighted by Crippen LogP contribution is -2.37. The first-order valence-electron chi connectivity index (χ1n) is 11.9. The summed E-state index contributed by atoms with van der Waals surface area (Å²) in [5.74, 6) is 1.27. The molecule has 0 spiro atoms. The van der Waals surface area contributed by atoms with Crippen molar-refractivity contribution in [1.82, 2.24) is 9.80 Å². The van der Waals surface area contributed by atoms with Crippen LogP contribution in [0.25, 0.3) is 0 Å². The Morgan fingerprint density at radius 2 is 1.50 bits per heavy atom. The maximum atomic E-state index is 13.1. The third kappa shape index (κ3) is 6.99. The Balaban J connectivity index is 0.000000433. The number of nitrogens with zero attached hydrogens (tertiary/aromatic N) is 2. The van der Waals surface area contributed by atoms with Gasteiger partial charge in [-0.2, -0.15) is 11.3 Å². The standard InChI is InChI=1S/C24H31FN2.C4H4S/c1-19-2-4-20(5-3-19)16-27-13-10-21(18-27)17-26-14-11-23(12-15-26)22-6-8-24(25)9-7-22;1-2-4-5-3-1/h2-9,21,23H,10-18H2,1H3;1-4H/t21-;/m1./s1. The van der Waals surface area contributed by atoms with Crippen LogP contribution in [-0.2, 0) is 6.54 Å². The van der Waals surface area contributed by atoms with Gasteiger partial charge < -0.3 is 4.90 Å². The molecule has 1 aromatic heterocycles. The maximum absolute atomic E-state index is 13.1. The largest absolute Gasteiger partial charge is 0.303 e. The molecule has 0 unspecified atom stereocenters. The maximum Gasteiger partial charge on any atom is 0.123 e. The van der Waals surface area contributed by atoms with E-state index in [4.69, 9.17) is 0 Å². The van der Waals surface area contributed by atoms with Gasteiger partial charge in [0.25, 0.3) is 0 Å². The smallest absolute Gasteiger partial charge is 0.123 e. The fourth-order valence-corrected chi connectivity index (χ4v) is 5.39. The van der Waals surface area contributed by atoms with E-state index in [-0.39, 0.29) is 5.82 Å². The van der Waals surface area contributed by atoms with Crippen molar-refractivity contribution in [2.24, 2.45) is 5.92 Å². The molecular formula is C28H35FN2S. The summed E-state index contributed by atoms with van der Waals surface area (Å²) in [5, 5.41) is 4.08. The van der Waals surface area contributed by atoms with Crippen molar-refractivity contribution in [1.29, 1.82) is 0 Å². The molecule has 0 saturated carbocycles. The Kier molecular flexibility index (Phi) is 8.49. The number of rotatable bonds is 5. The first kappa shape index (κ1) is 23.2. The van der Waals surface area contributed by atoms with Crippen LogP contribution in [0.5, 0.6) is 0 Å². The Bertz CT molecular complexity index is 882. The molecule has 1 atom stereocenters. The number of aryl methyl sites for hydroxylation is 1. The van der Waals surface area contributed by atoms with Crippen molar-refractivity contribution in [2.45, 2.75) is 38.6 Å². The third-order valence-electron chi connectivity index (χ3n) is 6.77. The minimum absolute atomic E-state index is 0.132. The van der Waals surface area contributed by atoms with Gasteiger partial charge in [0.2, 0.25) is 0 Å². The molecule has 32 heavy (non-hydrogen) atoms. The minimum Gasteiger partial charge on any atom is -0.303 e. The van der Waals surface area contributed by atoms with Crippen LogP contribution in [0.2, 0.25) is 0 Å². The predicted octanol–water partition coefficient (Wildman–Crippen LogP) is 6.58. The van der Waals surface area contributed by atoms with Crippen molar-refractivity contribution in [3.8, 4) is 0 Å². The first-order valence-corrected chi connectivity index (χ1v) is 12.8. The molecule has 0 radical (unpaired) electrons. The number of thiophene rings is 1. The lowest BCUT2D eigenvalue weighted by Gasteiger charge is -2.33. The molecule has 2 aliphatic rings. The molecule has 170 valence electrons. The summed E-state index contributed by atoms with van der Waals surface area (Å²) in [6, 6.07) is 20.1. The number of halogens is 1. The predicted molar refractivity (Wildman–Crippen MR) is 134 cm³/mol. The van der Waals surface area contributed by atoms with E-state index in [9.17, 15) is 4.39 Å². The normalized spacial score (nSPS) is 20.1. The Morgan fingerprint density at radius 3 is 2.12 bits per heavy atom. The van der Waals surface area contributed by atoms with Crippen molar-refractivity contribution in [2.75, 3.05) is 32.7 Å². The summed E-state index contributed by atoms with van der Waals surface area (Å²) in [7, 11) is 0. The molecule has 2 aliphatic heterocycles. The van der Waals surface area contributed by atoms with Gasteiger partial charge in [-0.05, 0) is 91.7 Å². The van der Waals surface area contributed by atoms with Crippen molar-refractivity contribution >= 4 is 11.3 Å². The van der Waals surface area contributed by atoms with Gasteiger partial charge >= 0.3 is 0 Å². The van der Waals surface area contributed by atoms with Gasteiger partial charge in [0.15, 0.2) is 0 Å². The van der Waals surface area contributed by atoms with Gasteiger partial charge in [0.05, 0.1) is 0 Å². The Labute approximate surface area is 196 Å². The second-order valence-electron chi connectivity index (χ2n) is 9.29. The fourth-order valence-electron chi connectivity index (χ4n) is 4.93. The third-order valence-corrected chi connectivity index (χ3v) is 7.40. The summed E-state index contributed by atoms with van der Waals surface area (Å²) in [5.41, 5.74) is 4.07. The van der Waals surface area contributed by atoms with E-state index < -0.39 is 0 Å². The molecule has 4 heteroatoms. The van der Waals surface area contributed by atoms with Gasteiger partial charge in [-0.25, -0.2) is 4.39 Å². The summed E-state index contributed by atoms with van der Waals surface area (Å²) in [4.78, 5) is 5.26. The topological polar surface area (TPSA) is 6.48 Å². The van der Waals surface area contributed by atoms with Crippen LogP contribution in [0.1, 0.15) is 41.9 Å². The highest BCUT2D eigenvalue weighted by Gasteiger charge is 2.27. The lowest BCUT2D eigenvalue weighted by atomic mass is 9.89. The Morgan fingerprint density at radius 1 is 0.844 bits per heavy atom. The molecule has 5 rings (SSSR count). The van der Waals surface area contributed by atoms with E-state index >= 15 is 0 Å². The number of hydrogen-bond donors (Lipinski definition) is 0.